The first-order chi connectivity index (χ1) is 24.7. The molecule has 5 unspecified atom stereocenters. The van der Waals surface area contributed by atoms with Crippen LogP contribution in [0.3, 0.4) is 0 Å². The van der Waals surface area contributed by atoms with Gasteiger partial charge in [-0.25, -0.2) is 0 Å². The zero-order valence-electron chi connectivity index (χ0n) is 29.5. The number of nitrogens with one attached hydrogen (secondary N) is 1. The van der Waals surface area contributed by atoms with Gasteiger partial charge >= 0.3 is 5.97 Å². The zero-order chi connectivity index (χ0) is 36.2. The fraction of sp³-hybridized carbons (Fsp3) is 0.381. The molecule has 0 bridgehead atoms. The minimum Gasteiger partial charge on any atom is -0.481 e. The number of carbonyl (C=O) groups is 2. The number of carboxylic acids is 1. The average Bonchev–Trinajstić information content (AvgIpc) is 3.16. The second kappa shape index (κ2) is 18.7. The smallest absolute Gasteiger partial charge is 0.303 e. The number of unbranched alkanes of at least 4 members (excludes halogenated alkanes) is 2. The minimum absolute atomic E-state index is 0.0198. The van der Waals surface area contributed by atoms with E-state index >= 15 is 0 Å². The standard InChI is InChI=1S/C42H50N2O7/c1-29(41(49)34-11-5-3-6-12-34)44(2)27-37-25-38(33-18-16-30(28-45)17-19-33)51-42(50-37)35-22-20-32(21-23-35)36-13-9-10-31(24-36)26-43-39(46)14-7-4-8-15-40(47)48/h3,5-6,9-13,16-24,29,37-38,41-42,45,49H,4,7-8,14-15,25-28H2,1-2H3,(H,43,46)(H,47,48). The van der Waals surface area contributed by atoms with Crippen LogP contribution in [0.25, 0.3) is 11.1 Å². The molecule has 0 aliphatic carbocycles. The third-order valence-corrected chi connectivity index (χ3v) is 9.63. The molecule has 1 fully saturated rings. The number of aliphatic hydroxyl groups is 2. The number of likely N-dealkylation sites (N-methyl/N-ethyl adjacent to an activating group) is 1. The number of hydrogen-bond acceptors (Lipinski definition) is 7. The fourth-order valence-corrected chi connectivity index (χ4v) is 6.41. The van der Waals surface area contributed by atoms with Gasteiger partial charge in [0.15, 0.2) is 6.29 Å². The average molecular weight is 695 g/mol. The lowest BCUT2D eigenvalue weighted by atomic mass is 9.98. The first-order valence-electron chi connectivity index (χ1n) is 17.8. The monoisotopic (exact) mass is 694 g/mol. The Morgan fingerprint density at radius 3 is 2.24 bits per heavy atom. The van der Waals surface area contributed by atoms with E-state index in [0.29, 0.717) is 38.8 Å². The van der Waals surface area contributed by atoms with Crippen molar-refractivity contribution in [1.82, 2.24) is 10.2 Å². The molecule has 0 radical (unpaired) electrons. The van der Waals surface area contributed by atoms with Crippen LogP contribution in [0.15, 0.2) is 103 Å². The molecule has 5 atom stereocenters. The number of rotatable bonds is 17. The minimum atomic E-state index is -0.806. The predicted molar refractivity (Wildman–Crippen MR) is 196 cm³/mol. The molecule has 0 aromatic heterocycles. The molecule has 4 N–H and O–H groups in total. The van der Waals surface area contributed by atoms with Crippen molar-refractivity contribution in [1.29, 1.82) is 0 Å². The molecule has 1 heterocycles. The first-order valence-corrected chi connectivity index (χ1v) is 17.8. The van der Waals surface area contributed by atoms with Crippen LogP contribution in [-0.2, 0) is 32.2 Å². The summed E-state index contributed by atoms with van der Waals surface area (Å²) in [6.07, 6.45) is 1.49. The molecule has 9 heteroatoms. The van der Waals surface area contributed by atoms with E-state index < -0.39 is 18.4 Å². The van der Waals surface area contributed by atoms with Crippen molar-refractivity contribution >= 4 is 11.9 Å². The van der Waals surface area contributed by atoms with Crippen LogP contribution < -0.4 is 5.32 Å². The van der Waals surface area contributed by atoms with Crippen LogP contribution in [-0.4, -0.2) is 57.8 Å². The normalized spacial score (nSPS) is 18.6. The molecule has 270 valence electrons. The van der Waals surface area contributed by atoms with Crippen molar-refractivity contribution in [3.8, 4) is 11.1 Å². The van der Waals surface area contributed by atoms with Gasteiger partial charge in [0.2, 0.25) is 5.91 Å². The van der Waals surface area contributed by atoms with Gasteiger partial charge in [0.1, 0.15) is 0 Å². The zero-order valence-corrected chi connectivity index (χ0v) is 29.5. The number of hydrogen-bond donors (Lipinski definition) is 4. The predicted octanol–water partition coefficient (Wildman–Crippen LogP) is 7.10. The van der Waals surface area contributed by atoms with Gasteiger partial charge in [0.25, 0.3) is 0 Å². The molecule has 1 amide bonds. The number of aliphatic hydroxyl groups excluding tert-OH is 2. The van der Waals surface area contributed by atoms with Gasteiger partial charge < -0.3 is 30.1 Å². The van der Waals surface area contributed by atoms with Gasteiger partial charge in [-0.05, 0) is 66.3 Å². The fourth-order valence-electron chi connectivity index (χ4n) is 6.41. The van der Waals surface area contributed by atoms with Crippen LogP contribution in [0.2, 0.25) is 0 Å². The highest BCUT2D eigenvalue weighted by Crippen LogP contribution is 2.39. The van der Waals surface area contributed by atoms with Gasteiger partial charge in [-0.15, -0.1) is 0 Å². The van der Waals surface area contributed by atoms with Crippen molar-refractivity contribution in [3.05, 3.63) is 131 Å². The van der Waals surface area contributed by atoms with Crippen molar-refractivity contribution in [2.75, 3.05) is 13.6 Å². The number of benzene rings is 4. The van der Waals surface area contributed by atoms with E-state index in [1.165, 1.54) is 0 Å². The summed E-state index contributed by atoms with van der Waals surface area (Å²) in [6.45, 7) is 3.02. The number of nitrogens with zero attached hydrogens (tertiary/aromatic N) is 1. The maximum Gasteiger partial charge on any atom is 0.303 e. The van der Waals surface area contributed by atoms with E-state index in [2.05, 4.69) is 28.4 Å². The lowest BCUT2D eigenvalue weighted by Gasteiger charge is -2.39. The maximum atomic E-state index is 12.3. The maximum absolute atomic E-state index is 12.3. The molecule has 5 rings (SSSR count). The van der Waals surface area contributed by atoms with Crippen LogP contribution in [0, 0.1) is 0 Å². The Balaban J connectivity index is 1.24. The van der Waals surface area contributed by atoms with E-state index in [4.69, 9.17) is 14.6 Å². The third kappa shape index (κ3) is 11.1. The summed E-state index contributed by atoms with van der Waals surface area (Å²) in [5.41, 5.74) is 6.67. The van der Waals surface area contributed by atoms with Crippen LogP contribution in [0.1, 0.15) is 91.8 Å². The Labute approximate surface area is 300 Å². The molecule has 1 aliphatic rings. The summed E-state index contributed by atoms with van der Waals surface area (Å²) >= 11 is 0. The summed E-state index contributed by atoms with van der Waals surface area (Å²) in [6, 6.07) is 33.6. The Morgan fingerprint density at radius 2 is 1.53 bits per heavy atom. The quantitative estimate of drug-likeness (QED) is 0.0863. The van der Waals surface area contributed by atoms with E-state index in [0.717, 1.165) is 45.4 Å². The van der Waals surface area contributed by atoms with E-state index in [9.17, 15) is 19.8 Å². The number of aliphatic carboxylic acids is 1. The first kappa shape index (κ1) is 37.9. The summed E-state index contributed by atoms with van der Waals surface area (Å²) in [4.78, 5) is 25.1. The number of amides is 1. The molecular weight excluding hydrogens is 644 g/mol. The number of ether oxygens (including phenoxy) is 2. The SMILES string of the molecule is CC(C(O)c1ccccc1)N(C)CC1CC(c2ccc(CO)cc2)OC(c2ccc(-c3cccc(CNC(=O)CCCCCC(=O)O)c3)cc2)O1. The van der Waals surface area contributed by atoms with Crippen molar-refractivity contribution < 1.29 is 34.4 Å². The van der Waals surface area contributed by atoms with Gasteiger partial charge in [0, 0.05) is 44.0 Å². The summed E-state index contributed by atoms with van der Waals surface area (Å²) in [5, 5.41) is 32.4. The largest absolute Gasteiger partial charge is 0.481 e. The van der Waals surface area contributed by atoms with Crippen molar-refractivity contribution in [2.45, 2.75) is 89.2 Å². The van der Waals surface area contributed by atoms with Gasteiger partial charge in [-0.1, -0.05) is 103 Å². The second-order valence-electron chi connectivity index (χ2n) is 13.4. The van der Waals surface area contributed by atoms with Crippen molar-refractivity contribution in [2.24, 2.45) is 0 Å². The molecular formula is C42H50N2O7. The molecule has 51 heavy (non-hydrogen) atoms. The molecule has 4 aromatic rings. The lowest BCUT2D eigenvalue weighted by molar-refractivity contribution is -0.253. The van der Waals surface area contributed by atoms with Gasteiger partial charge in [0.05, 0.1) is 24.9 Å². The third-order valence-electron chi connectivity index (χ3n) is 9.63. The highest BCUT2D eigenvalue weighted by atomic mass is 16.7. The summed E-state index contributed by atoms with van der Waals surface area (Å²) in [7, 11) is 2.01. The Hall–Kier alpha value is -4.38. The molecule has 1 saturated heterocycles. The van der Waals surface area contributed by atoms with Crippen LogP contribution >= 0.6 is 0 Å². The van der Waals surface area contributed by atoms with Crippen LogP contribution in [0.5, 0.6) is 0 Å². The van der Waals surface area contributed by atoms with E-state index in [-0.39, 0.29) is 37.2 Å². The van der Waals surface area contributed by atoms with E-state index in [1.54, 1.807) is 0 Å². The van der Waals surface area contributed by atoms with Crippen LogP contribution in [0.4, 0.5) is 0 Å². The highest BCUT2D eigenvalue weighted by molar-refractivity contribution is 5.76. The summed E-state index contributed by atoms with van der Waals surface area (Å²) < 4.78 is 13.2. The Kier molecular flexibility index (Phi) is 13.9. The second-order valence-corrected chi connectivity index (χ2v) is 13.4. The van der Waals surface area contributed by atoms with Gasteiger partial charge in [-0.3, -0.25) is 14.5 Å². The molecule has 4 aromatic carbocycles. The summed E-state index contributed by atoms with van der Waals surface area (Å²) in [5.74, 6) is -0.847. The van der Waals surface area contributed by atoms with Gasteiger partial charge in [-0.2, -0.15) is 0 Å². The molecule has 1 aliphatic heterocycles. The Morgan fingerprint density at radius 1 is 0.824 bits per heavy atom. The number of carbonyl (C=O) groups excluding carboxylic acids is 1. The highest BCUT2D eigenvalue weighted by Gasteiger charge is 2.34. The van der Waals surface area contributed by atoms with E-state index in [1.807, 2.05) is 98.9 Å². The van der Waals surface area contributed by atoms with Crippen molar-refractivity contribution in [3.63, 3.8) is 0 Å². The Bertz CT molecular complexity index is 1680. The molecule has 0 saturated carbocycles. The molecule has 9 nitrogen and oxygen atoms in total. The topological polar surface area (TPSA) is 129 Å². The molecule has 0 spiro atoms. The lowest BCUT2D eigenvalue weighted by Crippen LogP contribution is -2.43. The number of carboxylic acid groups (broad SMARTS) is 1.